The Morgan fingerprint density at radius 2 is 1.37 bits per heavy atom. The predicted molar refractivity (Wildman–Crippen MR) is 75.2 cm³/mol. The van der Waals surface area contributed by atoms with Crippen molar-refractivity contribution in [3.8, 4) is 0 Å². The second-order valence-corrected chi connectivity index (χ2v) is 4.64. The van der Waals surface area contributed by atoms with E-state index < -0.39 is 41.0 Å². The molecule has 1 aromatic carbocycles. The van der Waals surface area contributed by atoms with Crippen LogP contribution in [0.1, 0.15) is 21.5 Å². The van der Waals surface area contributed by atoms with Gasteiger partial charge in [0.25, 0.3) is 0 Å². The number of imide groups is 1. The molecule has 1 N–H and O–H groups in total. The van der Waals surface area contributed by atoms with Gasteiger partial charge in [-0.05, 0) is 18.2 Å². The summed E-state index contributed by atoms with van der Waals surface area (Å²) in [5.74, 6) is -2.34. The largest absolute Gasteiger partial charge is 1.00 e. The second-order valence-electron chi connectivity index (χ2n) is 4.64. The van der Waals surface area contributed by atoms with Crippen LogP contribution in [0.3, 0.4) is 0 Å². The number of alkyl halides is 6. The Hall–Kier alpha value is -2.18. The minimum atomic E-state index is -5.26. The summed E-state index contributed by atoms with van der Waals surface area (Å²) in [5, 5.41) is 4.57. The molecule has 0 aliphatic heterocycles. The Morgan fingerprint density at radius 1 is 0.889 bits per heavy atom. The van der Waals surface area contributed by atoms with Gasteiger partial charge in [-0.2, -0.15) is 26.3 Å². The molecule has 0 unspecified atom stereocenters. The molecule has 3 amide bonds. The topological polar surface area (TPSA) is 86.0 Å². The number of carbonyl (C=O) groups excluding carboxylic acids is 2. The number of benzene rings is 1. The first-order chi connectivity index (χ1) is 12.0. The summed E-state index contributed by atoms with van der Waals surface area (Å²) in [6.07, 6.45) is -8.13. The van der Waals surface area contributed by atoms with E-state index in [0.717, 1.165) is 0 Å². The molecule has 0 aliphatic rings. The van der Waals surface area contributed by atoms with E-state index in [0.29, 0.717) is 6.07 Å². The van der Waals surface area contributed by atoms with Crippen molar-refractivity contribution in [3.05, 3.63) is 58.7 Å². The van der Waals surface area contributed by atoms with Crippen LogP contribution in [0.2, 0.25) is 0 Å². The van der Waals surface area contributed by atoms with Crippen molar-refractivity contribution in [1.29, 1.82) is 0 Å². The number of amides is 3. The van der Waals surface area contributed by atoms with Gasteiger partial charge in [-0.3, -0.25) is 9.59 Å². The molecule has 0 atom stereocenters. The van der Waals surface area contributed by atoms with E-state index in [1.165, 1.54) is 18.5 Å². The van der Waals surface area contributed by atoms with Gasteiger partial charge < -0.3 is 10.6 Å². The number of nitrogens with one attached hydrogen (secondary N) is 1. The van der Waals surface area contributed by atoms with Crippen LogP contribution < -0.4 is 34.9 Å². The van der Waals surface area contributed by atoms with E-state index in [1.54, 1.807) is 0 Å². The van der Waals surface area contributed by atoms with Crippen molar-refractivity contribution in [2.45, 2.75) is 12.4 Å². The molecule has 2 rings (SSSR count). The number of rotatable bonds is 2. The Bertz CT molecular complexity index is 794. The molecule has 27 heavy (non-hydrogen) atoms. The number of anilines is 1. The van der Waals surface area contributed by atoms with Crippen molar-refractivity contribution in [3.63, 3.8) is 0 Å². The third-order valence-electron chi connectivity index (χ3n) is 2.88. The number of hydrogen-bond donors (Lipinski definition) is 1. The maximum absolute atomic E-state index is 13.0. The predicted octanol–water partition coefficient (Wildman–Crippen LogP) is 1.26. The van der Waals surface area contributed by atoms with E-state index in [1.807, 2.05) is 5.32 Å². The van der Waals surface area contributed by atoms with Crippen LogP contribution >= 0.6 is 0 Å². The number of carbonyl (C=O) groups is 2. The van der Waals surface area contributed by atoms with Crippen LogP contribution in [0, 0.1) is 0 Å². The van der Waals surface area contributed by atoms with Crippen LogP contribution in [0.4, 0.5) is 37.1 Å². The summed E-state index contributed by atoms with van der Waals surface area (Å²) in [6.45, 7) is 0. The number of halogens is 6. The molecule has 0 fully saturated rings. The smallest absolute Gasteiger partial charge is 0.394 e. The minimum absolute atomic E-state index is 0. The molecule has 0 saturated carbocycles. The van der Waals surface area contributed by atoms with Gasteiger partial charge in [0.2, 0.25) is 0 Å². The van der Waals surface area contributed by atoms with Crippen LogP contribution in [-0.4, -0.2) is 21.9 Å². The van der Waals surface area contributed by atoms with Crippen LogP contribution in [0.15, 0.2) is 36.7 Å². The van der Waals surface area contributed by atoms with Gasteiger partial charge in [-0.25, -0.2) is 9.97 Å². The molecule has 13 heteroatoms. The van der Waals surface area contributed by atoms with Crippen molar-refractivity contribution in [2.24, 2.45) is 0 Å². The fraction of sp³-hybridized carbons (Fsp3) is 0.143. The van der Waals surface area contributed by atoms with Gasteiger partial charge in [0, 0.05) is 18.0 Å². The van der Waals surface area contributed by atoms with E-state index in [4.69, 9.17) is 0 Å². The molecule has 0 saturated heterocycles. The van der Waals surface area contributed by atoms with E-state index in [2.05, 4.69) is 15.3 Å². The maximum Gasteiger partial charge on any atom is 1.00 e. The number of urea groups is 1. The van der Waals surface area contributed by atoms with Gasteiger partial charge in [0.05, 0.1) is 11.1 Å². The average molecular weight is 400 g/mol. The third kappa shape index (κ3) is 5.91. The second kappa shape index (κ2) is 8.67. The Kier molecular flexibility index (Phi) is 7.34. The molecule has 1 aromatic heterocycles. The average Bonchev–Trinajstić information content (AvgIpc) is 2.53. The van der Waals surface area contributed by atoms with Crippen molar-refractivity contribution >= 4 is 17.9 Å². The molecular weight excluding hydrogens is 393 g/mol. The fourth-order valence-corrected chi connectivity index (χ4v) is 1.89. The maximum atomic E-state index is 13.0. The molecule has 2 aromatic rings. The zero-order valence-corrected chi connectivity index (χ0v) is 15.4. The molecule has 138 valence electrons. The zero-order valence-electron chi connectivity index (χ0n) is 13.4. The standard InChI is InChI=1S/C14H8F6N4O2.Na/c15-13(16,17)7-3-1-4-8(14(18,19)20)9(7)10(25)23-12(26)24-11-21-5-2-6-22-11;/h1-6H,(H2,21,22,23,24,25,26);/q;+1/p-1. The Morgan fingerprint density at radius 3 is 1.81 bits per heavy atom. The molecule has 1 heterocycles. The van der Waals surface area contributed by atoms with Crippen molar-refractivity contribution in [1.82, 2.24) is 9.97 Å². The Balaban J connectivity index is 0.00000364. The Labute approximate surface area is 169 Å². The normalized spacial score (nSPS) is 11.3. The van der Waals surface area contributed by atoms with Gasteiger partial charge in [-0.15, -0.1) is 0 Å². The first-order valence-corrected chi connectivity index (χ1v) is 6.61. The van der Waals surface area contributed by atoms with E-state index in [-0.39, 0.29) is 47.6 Å². The fourth-order valence-electron chi connectivity index (χ4n) is 1.89. The molecule has 6 nitrogen and oxygen atoms in total. The summed E-state index contributed by atoms with van der Waals surface area (Å²) < 4.78 is 77.9. The SMILES string of the molecule is O=C([N-]C(=O)c1c(C(F)(F)F)cccc1C(F)(F)F)Nc1ncccn1.[Na+]. The monoisotopic (exact) mass is 400 g/mol. The molecule has 0 aliphatic carbocycles. The number of nitrogens with zero attached hydrogens (tertiary/aromatic N) is 3. The first kappa shape index (κ1) is 22.9. The number of hydrogen-bond acceptors (Lipinski definition) is 4. The molecular formula is C14H7F6N4NaO2. The summed E-state index contributed by atoms with van der Waals surface area (Å²) in [6, 6.07) is 0.936. The van der Waals surface area contributed by atoms with Crippen LogP contribution in [0.5, 0.6) is 0 Å². The van der Waals surface area contributed by atoms with Crippen LogP contribution in [0.25, 0.3) is 5.32 Å². The quantitative estimate of drug-likeness (QED) is 0.608. The zero-order chi connectivity index (χ0) is 19.5. The molecule has 0 spiro atoms. The molecule has 0 bridgehead atoms. The third-order valence-corrected chi connectivity index (χ3v) is 2.88. The first-order valence-electron chi connectivity index (χ1n) is 6.61. The van der Waals surface area contributed by atoms with Gasteiger partial charge in [-0.1, -0.05) is 6.07 Å². The van der Waals surface area contributed by atoms with Crippen molar-refractivity contribution in [2.75, 3.05) is 5.32 Å². The van der Waals surface area contributed by atoms with Crippen LogP contribution in [-0.2, 0) is 12.4 Å². The minimum Gasteiger partial charge on any atom is -0.394 e. The van der Waals surface area contributed by atoms with Gasteiger partial charge in [0.1, 0.15) is 5.95 Å². The molecule has 0 radical (unpaired) electrons. The van der Waals surface area contributed by atoms with Gasteiger partial charge >= 0.3 is 41.9 Å². The summed E-state index contributed by atoms with van der Waals surface area (Å²) >= 11 is 0. The van der Waals surface area contributed by atoms with E-state index in [9.17, 15) is 35.9 Å². The summed E-state index contributed by atoms with van der Waals surface area (Å²) in [7, 11) is 0. The summed E-state index contributed by atoms with van der Waals surface area (Å²) in [4.78, 5) is 30.6. The van der Waals surface area contributed by atoms with Crippen molar-refractivity contribution < 1.29 is 65.5 Å². The number of aromatic nitrogens is 2. The van der Waals surface area contributed by atoms with E-state index >= 15 is 0 Å². The van der Waals surface area contributed by atoms with Gasteiger partial charge in [0.15, 0.2) is 11.9 Å². The summed E-state index contributed by atoms with van der Waals surface area (Å²) in [5.41, 5.74) is -5.48.